The second-order valence-corrected chi connectivity index (χ2v) is 6.00. The maximum absolute atomic E-state index is 12.9. The first kappa shape index (κ1) is 15.0. The van der Waals surface area contributed by atoms with E-state index in [1.54, 1.807) is 4.90 Å². The molecule has 1 aromatic rings. The number of hydrogen-bond donors (Lipinski definition) is 1. The summed E-state index contributed by atoms with van der Waals surface area (Å²) in [5.41, 5.74) is 0.547. The standard InChI is InChI=1S/C17H23N3O2/c1-2-20-16(22)19(13-8-14-6-4-3-5-7-14)15(21)17(20)9-11-18-12-10-17/h3-7,18H,2,8-13H2,1H3. The molecule has 5 heteroatoms. The summed E-state index contributed by atoms with van der Waals surface area (Å²) in [6.07, 6.45) is 2.14. The van der Waals surface area contributed by atoms with E-state index in [0.29, 0.717) is 32.4 Å². The van der Waals surface area contributed by atoms with Crippen LogP contribution >= 0.6 is 0 Å². The lowest BCUT2D eigenvalue weighted by Gasteiger charge is -2.37. The van der Waals surface area contributed by atoms with Crippen molar-refractivity contribution in [1.82, 2.24) is 15.1 Å². The number of piperidine rings is 1. The largest absolute Gasteiger partial charge is 0.327 e. The molecular weight excluding hydrogens is 278 g/mol. The van der Waals surface area contributed by atoms with Crippen molar-refractivity contribution in [1.29, 1.82) is 0 Å². The van der Waals surface area contributed by atoms with Crippen LogP contribution in [-0.2, 0) is 11.2 Å². The van der Waals surface area contributed by atoms with E-state index in [1.165, 1.54) is 4.90 Å². The van der Waals surface area contributed by atoms with Gasteiger partial charge in [-0.2, -0.15) is 0 Å². The van der Waals surface area contributed by atoms with Gasteiger partial charge in [0.15, 0.2) is 0 Å². The third kappa shape index (κ3) is 2.39. The summed E-state index contributed by atoms with van der Waals surface area (Å²) < 4.78 is 0. The zero-order valence-corrected chi connectivity index (χ0v) is 13.0. The van der Waals surface area contributed by atoms with Crippen molar-refractivity contribution in [3.8, 4) is 0 Å². The summed E-state index contributed by atoms with van der Waals surface area (Å²) in [6.45, 7) is 4.60. The van der Waals surface area contributed by atoms with Gasteiger partial charge in [-0.25, -0.2) is 4.79 Å². The van der Waals surface area contributed by atoms with Crippen LogP contribution < -0.4 is 5.32 Å². The zero-order valence-electron chi connectivity index (χ0n) is 13.0. The van der Waals surface area contributed by atoms with Crippen molar-refractivity contribution in [3.05, 3.63) is 35.9 Å². The molecule has 0 atom stereocenters. The van der Waals surface area contributed by atoms with Crippen LogP contribution in [0, 0.1) is 0 Å². The van der Waals surface area contributed by atoms with Crippen molar-refractivity contribution in [2.45, 2.75) is 31.7 Å². The predicted octanol–water partition coefficient (Wildman–Crippen LogP) is 1.64. The molecule has 1 N–H and O–H groups in total. The number of amides is 3. The number of benzene rings is 1. The molecule has 0 radical (unpaired) electrons. The van der Waals surface area contributed by atoms with Crippen LogP contribution in [-0.4, -0.2) is 53.5 Å². The summed E-state index contributed by atoms with van der Waals surface area (Å²) in [5, 5.41) is 3.28. The molecule has 3 rings (SSSR count). The van der Waals surface area contributed by atoms with Gasteiger partial charge in [0.25, 0.3) is 5.91 Å². The van der Waals surface area contributed by atoms with Crippen LogP contribution in [0.1, 0.15) is 25.3 Å². The Labute approximate surface area is 131 Å². The number of hydrogen-bond acceptors (Lipinski definition) is 3. The first-order valence-corrected chi connectivity index (χ1v) is 8.07. The van der Waals surface area contributed by atoms with Crippen LogP contribution in [0.2, 0.25) is 0 Å². The number of imide groups is 1. The Morgan fingerprint density at radius 1 is 1.14 bits per heavy atom. The second kappa shape index (κ2) is 6.08. The monoisotopic (exact) mass is 301 g/mol. The van der Waals surface area contributed by atoms with Crippen LogP contribution in [0.3, 0.4) is 0 Å². The highest BCUT2D eigenvalue weighted by Crippen LogP contribution is 2.35. The number of rotatable bonds is 4. The number of likely N-dealkylation sites (N-methyl/N-ethyl adjacent to an activating group) is 1. The minimum absolute atomic E-state index is 0.00298. The fourth-order valence-electron chi connectivity index (χ4n) is 3.63. The number of nitrogens with zero attached hydrogens (tertiary/aromatic N) is 2. The van der Waals surface area contributed by atoms with Crippen molar-refractivity contribution in [3.63, 3.8) is 0 Å². The van der Waals surface area contributed by atoms with Crippen molar-refractivity contribution >= 4 is 11.9 Å². The summed E-state index contributed by atoms with van der Waals surface area (Å²) in [5.74, 6) is -0.00298. The number of urea groups is 1. The maximum atomic E-state index is 12.9. The minimum atomic E-state index is -0.603. The number of carbonyl (C=O) groups is 2. The average molecular weight is 301 g/mol. The Morgan fingerprint density at radius 3 is 2.45 bits per heavy atom. The molecule has 0 aliphatic carbocycles. The van der Waals surface area contributed by atoms with E-state index >= 15 is 0 Å². The lowest BCUT2D eigenvalue weighted by molar-refractivity contribution is -0.134. The van der Waals surface area contributed by atoms with Crippen molar-refractivity contribution in [2.24, 2.45) is 0 Å². The van der Waals surface area contributed by atoms with Crippen LogP contribution in [0.5, 0.6) is 0 Å². The highest BCUT2D eigenvalue weighted by Gasteiger charge is 2.56. The Hall–Kier alpha value is -1.88. The van der Waals surface area contributed by atoms with Gasteiger partial charge in [-0.1, -0.05) is 30.3 Å². The molecule has 3 amide bonds. The van der Waals surface area contributed by atoms with Crippen molar-refractivity contribution in [2.75, 3.05) is 26.2 Å². The molecule has 118 valence electrons. The molecule has 2 aliphatic rings. The normalized spacial score (nSPS) is 21.0. The quantitative estimate of drug-likeness (QED) is 0.860. The van der Waals surface area contributed by atoms with Gasteiger partial charge in [0.05, 0.1) is 0 Å². The Bertz CT molecular complexity index is 552. The fraction of sp³-hybridized carbons (Fsp3) is 0.529. The molecule has 0 bridgehead atoms. The number of nitrogens with one attached hydrogen (secondary N) is 1. The highest BCUT2D eigenvalue weighted by atomic mass is 16.2. The summed E-state index contributed by atoms with van der Waals surface area (Å²) >= 11 is 0. The smallest absolute Gasteiger partial charge is 0.317 e. The molecule has 1 spiro atoms. The minimum Gasteiger partial charge on any atom is -0.317 e. The van der Waals surface area contributed by atoms with E-state index in [-0.39, 0.29) is 11.9 Å². The van der Waals surface area contributed by atoms with Crippen LogP contribution in [0.15, 0.2) is 30.3 Å². The van der Waals surface area contributed by atoms with E-state index in [0.717, 1.165) is 18.7 Å². The summed E-state index contributed by atoms with van der Waals surface area (Å²) in [7, 11) is 0. The lowest BCUT2D eigenvalue weighted by atomic mass is 9.86. The molecule has 0 unspecified atom stereocenters. The predicted molar refractivity (Wildman–Crippen MR) is 84.5 cm³/mol. The van der Waals surface area contributed by atoms with E-state index in [2.05, 4.69) is 5.32 Å². The van der Waals surface area contributed by atoms with Gasteiger partial charge in [0.1, 0.15) is 5.54 Å². The molecule has 2 saturated heterocycles. The molecule has 22 heavy (non-hydrogen) atoms. The van der Waals surface area contributed by atoms with Gasteiger partial charge in [-0.15, -0.1) is 0 Å². The highest BCUT2D eigenvalue weighted by molar-refractivity contribution is 6.07. The average Bonchev–Trinajstić information content (AvgIpc) is 2.75. The second-order valence-electron chi connectivity index (χ2n) is 6.00. The van der Waals surface area contributed by atoms with Crippen molar-refractivity contribution < 1.29 is 9.59 Å². The lowest BCUT2D eigenvalue weighted by Crippen LogP contribution is -2.55. The van der Waals surface area contributed by atoms with Gasteiger partial charge in [0, 0.05) is 13.1 Å². The molecule has 0 aromatic heterocycles. The molecule has 2 heterocycles. The van der Waals surface area contributed by atoms with Crippen LogP contribution in [0.4, 0.5) is 4.79 Å². The molecule has 5 nitrogen and oxygen atoms in total. The first-order valence-electron chi connectivity index (χ1n) is 8.07. The van der Waals surface area contributed by atoms with Gasteiger partial charge in [0.2, 0.25) is 0 Å². The Kier molecular flexibility index (Phi) is 4.16. The fourth-order valence-corrected chi connectivity index (χ4v) is 3.63. The SMILES string of the molecule is CCN1C(=O)N(CCc2ccccc2)C(=O)C12CCNCC2. The van der Waals surface area contributed by atoms with Gasteiger partial charge >= 0.3 is 6.03 Å². The van der Waals surface area contributed by atoms with E-state index in [4.69, 9.17) is 0 Å². The first-order chi connectivity index (χ1) is 10.7. The van der Waals surface area contributed by atoms with Gasteiger partial charge in [-0.05, 0) is 44.8 Å². The molecule has 1 aromatic carbocycles. The zero-order chi connectivity index (χ0) is 15.6. The van der Waals surface area contributed by atoms with Crippen LogP contribution in [0.25, 0.3) is 0 Å². The van der Waals surface area contributed by atoms with E-state index < -0.39 is 5.54 Å². The van der Waals surface area contributed by atoms with Gasteiger partial charge in [-0.3, -0.25) is 9.69 Å². The van der Waals surface area contributed by atoms with E-state index in [9.17, 15) is 9.59 Å². The van der Waals surface area contributed by atoms with E-state index in [1.807, 2.05) is 37.3 Å². The summed E-state index contributed by atoms with van der Waals surface area (Å²) in [6, 6.07) is 9.88. The third-order valence-corrected chi connectivity index (χ3v) is 4.84. The van der Waals surface area contributed by atoms with Gasteiger partial charge < -0.3 is 10.2 Å². The molecular formula is C17H23N3O2. The molecule has 0 saturated carbocycles. The summed E-state index contributed by atoms with van der Waals surface area (Å²) in [4.78, 5) is 28.8. The Morgan fingerprint density at radius 2 is 1.82 bits per heavy atom. The molecule has 2 aliphatic heterocycles. The third-order valence-electron chi connectivity index (χ3n) is 4.84. The maximum Gasteiger partial charge on any atom is 0.327 e. The number of carbonyl (C=O) groups excluding carboxylic acids is 2. The topological polar surface area (TPSA) is 52.7 Å². The molecule has 2 fully saturated rings. The Balaban J connectivity index is 1.77.